The quantitative estimate of drug-likeness (QED) is 0.824. The normalized spacial score (nSPS) is 17.5. The van der Waals surface area contributed by atoms with Crippen LogP contribution in [0.5, 0.6) is 0 Å². The minimum absolute atomic E-state index is 0.132. The maximum absolute atomic E-state index is 13.2. The summed E-state index contributed by atoms with van der Waals surface area (Å²) in [4.78, 5) is 16.7. The Morgan fingerprint density at radius 1 is 1.03 bits per heavy atom. The molecule has 0 saturated carbocycles. The van der Waals surface area contributed by atoms with Crippen molar-refractivity contribution in [1.82, 2.24) is 4.90 Å². The van der Waals surface area contributed by atoms with Crippen LogP contribution >= 0.6 is 0 Å². The standard InChI is InChI=1S/C22H24F3N3O2/c23-22(24,25)18-5-6-20(28-9-11-30-12-10-28)19(13-18)26-21(29)15-27-8-7-16-3-1-2-4-17(16)14-27/h1-6,13H,7-12,14-15H2,(H,26,29). The summed E-state index contributed by atoms with van der Waals surface area (Å²) in [7, 11) is 0. The van der Waals surface area contributed by atoms with Crippen molar-refractivity contribution in [3.8, 4) is 0 Å². The number of morpholine rings is 1. The van der Waals surface area contributed by atoms with E-state index in [0.717, 1.165) is 25.1 Å². The molecule has 1 saturated heterocycles. The first-order valence-electron chi connectivity index (χ1n) is 10.0. The van der Waals surface area contributed by atoms with Crippen molar-refractivity contribution < 1.29 is 22.7 Å². The van der Waals surface area contributed by atoms with Crippen LogP contribution in [-0.2, 0) is 28.7 Å². The first-order valence-corrected chi connectivity index (χ1v) is 10.0. The van der Waals surface area contributed by atoms with Gasteiger partial charge >= 0.3 is 6.18 Å². The molecule has 8 heteroatoms. The molecule has 2 heterocycles. The summed E-state index contributed by atoms with van der Waals surface area (Å²) in [6.07, 6.45) is -3.62. The zero-order chi connectivity index (χ0) is 21.1. The third kappa shape index (κ3) is 4.76. The lowest BCUT2D eigenvalue weighted by Crippen LogP contribution is -2.38. The van der Waals surface area contributed by atoms with Crippen LogP contribution in [-0.4, -0.2) is 50.2 Å². The lowest BCUT2D eigenvalue weighted by molar-refractivity contribution is -0.137. The van der Waals surface area contributed by atoms with E-state index in [1.165, 1.54) is 17.2 Å². The van der Waals surface area contributed by atoms with E-state index in [0.29, 0.717) is 38.5 Å². The van der Waals surface area contributed by atoms with Crippen LogP contribution in [0.3, 0.4) is 0 Å². The van der Waals surface area contributed by atoms with Crippen molar-refractivity contribution in [2.75, 3.05) is 49.6 Å². The third-order valence-electron chi connectivity index (χ3n) is 5.53. The van der Waals surface area contributed by atoms with Gasteiger partial charge in [0.1, 0.15) is 0 Å². The Kier molecular flexibility index (Phi) is 5.97. The number of carbonyl (C=O) groups excluding carboxylic acids is 1. The van der Waals surface area contributed by atoms with Crippen LogP contribution < -0.4 is 10.2 Å². The van der Waals surface area contributed by atoms with Crippen molar-refractivity contribution in [3.05, 3.63) is 59.2 Å². The average molecular weight is 419 g/mol. The number of carbonyl (C=O) groups is 1. The van der Waals surface area contributed by atoms with Gasteiger partial charge in [-0.25, -0.2) is 0 Å². The predicted octanol–water partition coefficient (Wildman–Crippen LogP) is 3.54. The number of fused-ring (bicyclic) bond motifs is 1. The fourth-order valence-electron chi connectivity index (χ4n) is 3.97. The van der Waals surface area contributed by atoms with E-state index >= 15 is 0 Å². The molecule has 2 aliphatic rings. The lowest BCUT2D eigenvalue weighted by Gasteiger charge is -2.31. The molecule has 0 unspecified atom stereocenters. The number of alkyl halides is 3. The molecule has 160 valence electrons. The Morgan fingerprint density at radius 3 is 2.50 bits per heavy atom. The monoisotopic (exact) mass is 419 g/mol. The number of halogens is 3. The fourth-order valence-corrected chi connectivity index (χ4v) is 3.97. The summed E-state index contributed by atoms with van der Waals surface area (Å²) in [5, 5.41) is 2.73. The molecule has 0 bridgehead atoms. The molecular weight excluding hydrogens is 395 g/mol. The molecule has 30 heavy (non-hydrogen) atoms. The van der Waals surface area contributed by atoms with E-state index in [9.17, 15) is 18.0 Å². The molecular formula is C22H24F3N3O2. The summed E-state index contributed by atoms with van der Waals surface area (Å²) in [6, 6.07) is 11.6. The molecule has 1 fully saturated rings. The Labute approximate surface area is 173 Å². The van der Waals surface area contributed by atoms with Crippen LogP contribution in [0.2, 0.25) is 0 Å². The van der Waals surface area contributed by atoms with Gasteiger partial charge in [0.2, 0.25) is 5.91 Å². The molecule has 2 aromatic rings. The van der Waals surface area contributed by atoms with Crippen molar-refractivity contribution in [3.63, 3.8) is 0 Å². The van der Waals surface area contributed by atoms with E-state index < -0.39 is 11.7 Å². The Morgan fingerprint density at radius 2 is 1.77 bits per heavy atom. The van der Waals surface area contributed by atoms with Crippen LogP contribution in [0.1, 0.15) is 16.7 Å². The molecule has 2 aromatic carbocycles. The zero-order valence-corrected chi connectivity index (χ0v) is 16.5. The summed E-state index contributed by atoms with van der Waals surface area (Å²) < 4.78 is 45.0. The van der Waals surface area contributed by atoms with Gasteiger partial charge in [0.25, 0.3) is 0 Å². The van der Waals surface area contributed by atoms with Gasteiger partial charge in [-0.2, -0.15) is 13.2 Å². The summed E-state index contributed by atoms with van der Waals surface area (Å²) in [6.45, 7) is 3.66. The fraction of sp³-hybridized carbons (Fsp3) is 0.409. The number of benzene rings is 2. The first kappa shape index (κ1) is 20.7. The molecule has 1 N–H and O–H groups in total. The Bertz CT molecular complexity index is 911. The van der Waals surface area contributed by atoms with Crippen LogP contribution in [0.15, 0.2) is 42.5 Å². The van der Waals surface area contributed by atoms with Gasteiger partial charge in [-0.15, -0.1) is 0 Å². The number of nitrogens with one attached hydrogen (secondary N) is 1. The molecule has 0 aliphatic carbocycles. The summed E-state index contributed by atoms with van der Waals surface area (Å²) in [5.41, 5.74) is 2.46. The Balaban J connectivity index is 1.50. The van der Waals surface area contributed by atoms with E-state index in [2.05, 4.69) is 11.4 Å². The third-order valence-corrected chi connectivity index (χ3v) is 5.53. The van der Waals surface area contributed by atoms with Gasteiger partial charge in [-0.05, 0) is 35.7 Å². The molecule has 0 spiro atoms. The van der Waals surface area contributed by atoms with E-state index in [1.807, 2.05) is 28.0 Å². The second kappa shape index (κ2) is 8.65. The van der Waals surface area contributed by atoms with Gasteiger partial charge in [-0.1, -0.05) is 24.3 Å². The van der Waals surface area contributed by atoms with Crippen LogP contribution in [0.4, 0.5) is 24.5 Å². The number of anilines is 2. The number of nitrogens with zero attached hydrogens (tertiary/aromatic N) is 2. The van der Waals surface area contributed by atoms with E-state index in [1.54, 1.807) is 0 Å². The van der Waals surface area contributed by atoms with Crippen molar-refractivity contribution in [2.24, 2.45) is 0 Å². The van der Waals surface area contributed by atoms with Crippen molar-refractivity contribution >= 4 is 17.3 Å². The first-order chi connectivity index (χ1) is 14.4. The lowest BCUT2D eigenvalue weighted by atomic mass is 10.00. The molecule has 1 amide bonds. The maximum Gasteiger partial charge on any atom is 0.416 e. The number of amides is 1. The van der Waals surface area contributed by atoms with Gasteiger partial charge in [0.15, 0.2) is 0 Å². The summed E-state index contributed by atoms with van der Waals surface area (Å²) in [5.74, 6) is -0.316. The highest BCUT2D eigenvalue weighted by molar-refractivity contribution is 5.96. The Hall–Kier alpha value is -2.58. The maximum atomic E-state index is 13.2. The van der Waals surface area contributed by atoms with Crippen molar-refractivity contribution in [2.45, 2.75) is 19.1 Å². The molecule has 2 aliphatic heterocycles. The highest BCUT2D eigenvalue weighted by Crippen LogP contribution is 2.35. The number of rotatable bonds is 4. The number of hydrogen-bond acceptors (Lipinski definition) is 4. The average Bonchev–Trinajstić information content (AvgIpc) is 2.73. The highest BCUT2D eigenvalue weighted by atomic mass is 19.4. The van der Waals surface area contributed by atoms with Gasteiger partial charge < -0.3 is 15.0 Å². The zero-order valence-electron chi connectivity index (χ0n) is 16.5. The minimum Gasteiger partial charge on any atom is -0.378 e. The van der Waals surface area contributed by atoms with Gasteiger partial charge in [0, 0.05) is 26.2 Å². The molecule has 0 aromatic heterocycles. The van der Waals surface area contributed by atoms with Gasteiger partial charge in [0.05, 0.1) is 36.7 Å². The summed E-state index contributed by atoms with van der Waals surface area (Å²) >= 11 is 0. The van der Waals surface area contributed by atoms with E-state index in [4.69, 9.17) is 4.74 Å². The topological polar surface area (TPSA) is 44.8 Å². The van der Waals surface area contributed by atoms with Crippen molar-refractivity contribution in [1.29, 1.82) is 0 Å². The molecule has 0 radical (unpaired) electrons. The second-order valence-electron chi connectivity index (χ2n) is 7.61. The minimum atomic E-state index is -4.47. The predicted molar refractivity (Wildman–Crippen MR) is 109 cm³/mol. The second-order valence-corrected chi connectivity index (χ2v) is 7.61. The number of ether oxygens (including phenoxy) is 1. The molecule has 4 rings (SSSR count). The van der Waals surface area contributed by atoms with Gasteiger partial charge in [-0.3, -0.25) is 9.69 Å². The largest absolute Gasteiger partial charge is 0.416 e. The highest BCUT2D eigenvalue weighted by Gasteiger charge is 2.32. The SMILES string of the molecule is O=C(CN1CCc2ccccc2C1)Nc1cc(C(F)(F)F)ccc1N1CCOCC1. The molecule has 5 nitrogen and oxygen atoms in total. The van der Waals surface area contributed by atoms with Crippen LogP contribution in [0.25, 0.3) is 0 Å². The molecule has 0 atom stereocenters. The number of hydrogen-bond donors (Lipinski definition) is 1. The van der Waals surface area contributed by atoms with Crippen LogP contribution in [0, 0.1) is 0 Å². The smallest absolute Gasteiger partial charge is 0.378 e. The van der Waals surface area contributed by atoms with E-state index in [-0.39, 0.29) is 18.1 Å².